The van der Waals surface area contributed by atoms with Crippen molar-refractivity contribution < 1.29 is 18.3 Å². The Labute approximate surface area is 119 Å². The number of aliphatic hydroxyl groups is 1. The Morgan fingerprint density at radius 2 is 2.30 bits per heavy atom. The number of sulfonamides is 1. The summed E-state index contributed by atoms with van der Waals surface area (Å²) in [5.74, 6) is 0. The molecule has 0 aromatic carbocycles. The van der Waals surface area contributed by atoms with Gasteiger partial charge < -0.3 is 14.4 Å². The minimum atomic E-state index is -3.57. The summed E-state index contributed by atoms with van der Waals surface area (Å²) in [4.78, 5) is 0.195. The van der Waals surface area contributed by atoms with E-state index in [-0.39, 0.29) is 23.6 Å². The SMILES string of the molecule is CC(C)n1cc(S(=O)(=O)NC2CCCOC2)cc1CO. The normalized spacial score (nSPS) is 20.5. The predicted molar refractivity (Wildman–Crippen MR) is 74.9 cm³/mol. The number of aliphatic hydroxyl groups excluding tert-OH is 1. The highest BCUT2D eigenvalue weighted by molar-refractivity contribution is 7.89. The Balaban J connectivity index is 2.20. The summed E-state index contributed by atoms with van der Waals surface area (Å²) < 4.78 is 34.4. The van der Waals surface area contributed by atoms with Crippen LogP contribution in [0.15, 0.2) is 17.2 Å². The van der Waals surface area contributed by atoms with Crippen molar-refractivity contribution in [2.24, 2.45) is 0 Å². The zero-order chi connectivity index (χ0) is 14.8. The second-order valence-corrected chi connectivity index (χ2v) is 7.08. The molecule has 0 aliphatic carbocycles. The number of aromatic nitrogens is 1. The van der Waals surface area contributed by atoms with E-state index in [1.165, 1.54) is 6.07 Å². The summed E-state index contributed by atoms with van der Waals surface area (Å²) in [6.07, 6.45) is 3.22. The fourth-order valence-electron chi connectivity index (χ4n) is 2.37. The Hall–Kier alpha value is -0.890. The van der Waals surface area contributed by atoms with Gasteiger partial charge in [-0.2, -0.15) is 0 Å². The Bertz CT molecular complexity index is 545. The third kappa shape index (κ3) is 3.41. The van der Waals surface area contributed by atoms with Crippen LogP contribution in [0, 0.1) is 0 Å². The molecule has 0 amide bonds. The van der Waals surface area contributed by atoms with Gasteiger partial charge in [0.15, 0.2) is 0 Å². The zero-order valence-corrected chi connectivity index (χ0v) is 12.7. The average Bonchev–Trinajstić information content (AvgIpc) is 2.84. The van der Waals surface area contributed by atoms with Crippen LogP contribution in [-0.2, 0) is 21.4 Å². The lowest BCUT2D eigenvalue weighted by Gasteiger charge is -2.22. The van der Waals surface area contributed by atoms with Gasteiger partial charge in [-0.25, -0.2) is 13.1 Å². The molecule has 20 heavy (non-hydrogen) atoms. The van der Waals surface area contributed by atoms with Gasteiger partial charge in [0.05, 0.1) is 18.1 Å². The third-order valence-electron chi connectivity index (χ3n) is 3.42. The predicted octanol–water partition coefficient (Wildman–Crippen LogP) is 1.02. The lowest BCUT2D eigenvalue weighted by Crippen LogP contribution is -2.40. The molecule has 0 spiro atoms. The molecule has 2 rings (SSSR count). The third-order valence-corrected chi connectivity index (χ3v) is 4.91. The summed E-state index contributed by atoms with van der Waals surface area (Å²) in [5, 5.41) is 9.31. The van der Waals surface area contributed by atoms with Gasteiger partial charge in [-0.1, -0.05) is 0 Å². The topological polar surface area (TPSA) is 80.6 Å². The first-order valence-electron chi connectivity index (χ1n) is 6.85. The van der Waals surface area contributed by atoms with Crippen LogP contribution < -0.4 is 4.72 Å². The first kappa shape index (κ1) is 15.5. The lowest BCUT2D eigenvalue weighted by molar-refractivity contribution is 0.0774. The van der Waals surface area contributed by atoms with E-state index in [9.17, 15) is 13.5 Å². The van der Waals surface area contributed by atoms with E-state index in [1.807, 2.05) is 13.8 Å². The van der Waals surface area contributed by atoms with Crippen molar-refractivity contribution in [2.45, 2.75) is 50.3 Å². The fourth-order valence-corrected chi connectivity index (χ4v) is 3.68. The summed E-state index contributed by atoms with van der Waals surface area (Å²) in [6.45, 7) is 4.81. The summed E-state index contributed by atoms with van der Waals surface area (Å²) >= 11 is 0. The molecule has 1 aliphatic heterocycles. The number of nitrogens with zero attached hydrogens (tertiary/aromatic N) is 1. The molecule has 1 aromatic heterocycles. The number of rotatable bonds is 5. The van der Waals surface area contributed by atoms with Crippen molar-refractivity contribution in [1.82, 2.24) is 9.29 Å². The second kappa shape index (κ2) is 6.26. The van der Waals surface area contributed by atoms with Crippen LogP contribution in [-0.4, -0.2) is 37.3 Å². The van der Waals surface area contributed by atoms with Crippen molar-refractivity contribution in [2.75, 3.05) is 13.2 Å². The van der Waals surface area contributed by atoms with Crippen molar-refractivity contribution in [1.29, 1.82) is 0 Å². The fraction of sp³-hybridized carbons (Fsp3) is 0.692. The first-order valence-corrected chi connectivity index (χ1v) is 8.34. The molecule has 1 atom stereocenters. The molecule has 0 saturated carbocycles. The molecule has 1 fully saturated rings. The van der Waals surface area contributed by atoms with Gasteiger partial charge in [0.2, 0.25) is 10.0 Å². The van der Waals surface area contributed by atoms with E-state index >= 15 is 0 Å². The molecule has 0 radical (unpaired) electrons. The number of ether oxygens (including phenoxy) is 1. The average molecular weight is 302 g/mol. The summed E-state index contributed by atoms with van der Waals surface area (Å²) in [5.41, 5.74) is 0.597. The van der Waals surface area contributed by atoms with Crippen LogP contribution >= 0.6 is 0 Å². The molecule has 1 aromatic rings. The van der Waals surface area contributed by atoms with E-state index < -0.39 is 10.0 Å². The summed E-state index contributed by atoms with van der Waals surface area (Å²) in [7, 11) is -3.57. The van der Waals surface area contributed by atoms with Crippen molar-refractivity contribution in [3.63, 3.8) is 0 Å². The maximum atomic E-state index is 12.3. The van der Waals surface area contributed by atoms with Crippen molar-refractivity contribution in [3.05, 3.63) is 18.0 Å². The van der Waals surface area contributed by atoms with E-state index in [0.29, 0.717) is 18.9 Å². The van der Waals surface area contributed by atoms with Gasteiger partial charge in [-0.3, -0.25) is 0 Å². The molecular weight excluding hydrogens is 280 g/mol. The van der Waals surface area contributed by atoms with Gasteiger partial charge >= 0.3 is 0 Å². The maximum absolute atomic E-state index is 12.3. The molecule has 114 valence electrons. The standard InChI is InChI=1S/C13H22N2O4S/c1-10(2)15-7-13(6-12(15)8-16)20(17,18)14-11-4-3-5-19-9-11/h6-7,10-11,14,16H,3-5,8-9H2,1-2H3. The second-order valence-electron chi connectivity index (χ2n) is 5.36. The van der Waals surface area contributed by atoms with E-state index in [0.717, 1.165) is 12.8 Å². The largest absolute Gasteiger partial charge is 0.390 e. The first-order chi connectivity index (χ1) is 9.44. The van der Waals surface area contributed by atoms with Crippen LogP contribution in [0.4, 0.5) is 0 Å². The highest BCUT2D eigenvalue weighted by Gasteiger charge is 2.24. The smallest absolute Gasteiger partial charge is 0.242 e. The van der Waals surface area contributed by atoms with Crippen LogP contribution in [0.3, 0.4) is 0 Å². The Kier molecular flexibility index (Phi) is 4.85. The maximum Gasteiger partial charge on any atom is 0.242 e. The van der Waals surface area contributed by atoms with E-state index in [2.05, 4.69) is 4.72 Å². The van der Waals surface area contributed by atoms with Crippen LogP contribution in [0.25, 0.3) is 0 Å². The summed E-state index contributed by atoms with van der Waals surface area (Å²) in [6, 6.07) is 1.44. The highest BCUT2D eigenvalue weighted by atomic mass is 32.2. The molecule has 0 bridgehead atoms. The van der Waals surface area contributed by atoms with Gasteiger partial charge in [-0.05, 0) is 32.8 Å². The van der Waals surface area contributed by atoms with Gasteiger partial charge in [0, 0.05) is 30.6 Å². The molecule has 6 nitrogen and oxygen atoms in total. The number of nitrogens with one attached hydrogen (secondary N) is 1. The number of hydrogen-bond acceptors (Lipinski definition) is 4. The molecule has 1 saturated heterocycles. The van der Waals surface area contributed by atoms with Crippen molar-refractivity contribution in [3.8, 4) is 0 Å². The van der Waals surface area contributed by atoms with Gasteiger partial charge in [0.1, 0.15) is 0 Å². The quantitative estimate of drug-likeness (QED) is 0.851. The Morgan fingerprint density at radius 3 is 2.80 bits per heavy atom. The minimum absolute atomic E-state index is 0.0964. The lowest BCUT2D eigenvalue weighted by atomic mass is 10.1. The monoisotopic (exact) mass is 302 g/mol. The molecular formula is C13H22N2O4S. The Morgan fingerprint density at radius 1 is 1.55 bits per heavy atom. The minimum Gasteiger partial charge on any atom is -0.390 e. The van der Waals surface area contributed by atoms with Gasteiger partial charge in [-0.15, -0.1) is 0 Å². The van der Waals surface area contributed by atoms with Crippen LogP contribution in [0.1, 0.15) is 38.4 Å². The highest BCUT2D eigenvalue weighted by Crippen LogP contribution is 2.20. The van der Waals surface area contributed by atoms with Crippen LogP contribution in [0.5, 0.6) is 0 Å². The van der Waals surface area contributed by atoms with E-state index in [4.69, 9.17) is 4.74 Å². The molecule has 1 aliphatic rings. The molecule has 2 heterocycles. The molecule has 2 N–H and O–H groups in total. The van der Waals surface area contributed by atoms with Crippen molar-refractivity contribution >= 4 is 10.0 Å². The van der Waals surface area contributed by atoms with Crippen LogP contribution in [0.2, 0.25) is 0 Å². The number of hydrogen-bond donors (Lipinski definition) is 2. The molecule has 1 unspecified atom stereocenters. The molecule has 7 heteroatoms. The zero-order valence-electron chi connectivity index (χ0n) is 11.9. The van der Waals surface area contributed by atoms with E-state index in [1.54, 1.807) is 10.8 Å². The van der Waals surface area contributed by atoms with Gasteiger partial charge in [0.25, 0.3) is 0 Å².